The molecule has 0 saturated heterocycles. The van der Waals surface area contributed by atoms with E-state index in [4.69, 9.17) is 8.94 Å². The molecule has 3 rings (SSSR count). The van der Waals surface area contributed by atoms with Crippen molar-refractivity contribution >= 4 is 11.8 Å². The smallest absolute Gasteiger partial charge is 0.232 e. The van der Waals surface area contributed by atoms with E-state index < -0.39 is 0 Å². The average molecular weight is 367 g/mol. The number of furan rings is 1. The largest absolute Gasteiger partial charge is 0.467 e. The molecular formula is C21H25N3O3. The predicted molar refractivity (Wildman–Crippen MR) is 104 cm³/mol. The van der Waals surface area contributed by atoms with Gasteiger partial charge in [0.25, 0.3) is 0 Å². The molecule has 0 aliphatic carbocycles. The van der Waals surface area contributed by atoms with Crippen molar-refractivity contribution in [3.8, 4) is 11.3 Å². The summed E-state index contributed by atoms with van der Waals surface area (Å²) in [4.78, 5) is 16.1. The lowest BCUT2D eigenvalue weighted by atomic mass is 10.1. The van der Waals surface area contributed by atoms with Crippen molar-refractivity contribution in [3.05, 3.63) is 60.1 Å². The van der Waals surface area contributed by atoms with E-state index >= 15 is 0 Å². The highest BCUT2D eigenvalue weighted by molar-refractivity contribution is 5.75. The van der Waals surface area contributed by atoms with Crippen LogP contribution in [0.15, 0.2) is 57.7 Å². The fourth-order valence-electron chi connectivity index (χ4n) is 3.09. The molecule has 1 aromatic carbocycles. The molecule has 3 aromatic rings. The number of hydrogen-bond acceptors (Lipinski definition) is 5. The maximum absolute atomic E-state index is 12.3. The number of carbonyl (C=O) groups is 1. The van der Waals surface area contributed by atoms with Gasteiger partial charge in [0.15, 0.2) is 0 Å². The molecule has 0 aliphatic heterocycles. The van der Waals surface area contributed by atoms with E-state index in [0.717, 1.165) is 35.7 Å². The number of amides is 1. The van der Waals surface area contributed by atoms with Gasteiger partial charge in [-0.3, -0.25) is 4.79 Å². The summed E-state index contributed by atoms with van der Waals surface area (Å²) < 4.78 is 11.1. The third kappa shape index (κ3) is 4.22. The van der Waals surface area contributed by atoms with Crippen molar-refractivity contribution in [1.29, 1.82) is 0 Å². The average Bonchev–Trinajstić information content (AvgIpc) is 3.33. The van der Waals surface area contributed by atoms with Crippen LogP contribution in [0, 0.1) is 0 Å². The first-order chi connectivity index (χ1) is 13.1. The Bertz CT molecular complexity index is 852. The molecule has 2 heterocycles. The maximum Gasteiger partial charge on any atom is 0.232 e. The summed E-state index contributed by atoms with van der Waals surface area (Å²) in [6.45, 7) is 8.11. The van der Waals surface area contributed by atoms with Crippen molar-refractivity contribution in [2.45, 2.75) is 33.9 Å². The van der Waals surface area contributed by atoms with Gasteiger partial charge in [0.05, 0.1) is 24.9 Å². The Morgan fingerprint density at radius 2 is 1.78 bits per heavy atom. The third-order valence-corrected chi connectivity index (χ3v) is 4.59. The highest BCUT2D eigenvalue weighted by Crippen LogP contribution is 2.32. The number of aromatic nitrogens is 1. The summed E-state index contributed by atoms with van der Waals surface area (Å²) in [6.07, 6.45) is 1.61. The number of rotatable bonds is 8. The lowest BCUT2D eigenvalue weighted by Crippen LogP contribution is -2.29. The molecule has 2 aromatic heterocycles. The van der Waals surface area contributed by atoms with E-state index in [1.165, 1.54) is 0 Å². The van der Waals surface area contributed by atoms with Gasteiger partial charge in [0.2, 0.25) is 11.8 Å². The standard InChI is InChI=1S/C21H25N3O3/c1-4-23(5-2)21-19(20(22-27-21)17-10-7-6-8-11-17)15-24(16(3)25)14-18-12-9-13-26-18/h6-13H,4-5,14-15H2,1-3H3. The van der Waals surface area contributed by atoms with Crippen LogP contribution in [0.25, 0.3) is 11.3 Å². The molecule has 0 fully saturated rings. The van der Waals surface area contributed by atoms with Crippen LogP contribution in [0.2, 0.25) is 0 Å². The first-order valence-electron chi connectivity index (χ1n) is 9.20. The Labute approximate surface area is 159 Å². The van der Waals surface area contributed by atoms with E-state index in [2.05, 4.69) is 23.9 Å². The molecule has 27 heavy (non-hydrogen) atoms. The number of nitrogens with zero attached hydrogens (tertiary/aromatic N) is 3. The molecule has 0 saturated carbocycles. The summed E-state index contributed by atoms with van der Waals surface area (Å²) >= 11 is 0. The van der Waals surface area contributed by atoms with Crippen LogP contribution in [0.1, 0.15) is 32.1 Å². The molecule has 6 nitrogen and oxygen atoms in total. The van der Waals surface area contributed by atoms with Gasteiger partial charge in [-0.05, 0) is 26.0 Å². The second-order valence-electron chi connectivity index (χ2n) is 6.31. The highest BCUT2D eigenvalue weighted by Gasteiger charge is 2.24. The Kier molecular flexibility index (Phi) is 5.96. The van der Waals surface area contributed by atoms with E-state index in [9.17, 15) is 4.79 Å². The van der Waals surface area contributed by atoms with E-state index in [0.29, 0.717) is 19.0 Å². The first kappa shape index (κ1) is 18.8. The Balaban J connectivity index is 1.99. The molecular weight excluding hydrogens is 342 g/mol. The summed E-state index contributed by atoms with van der Waals surface area (Å²) in [5.41, 5.74) is 2.64. The molecule has 0 spiro atoms. The minimum atomic E-state index is -0.0305. The van der Waals surface area contributed by atoms with E-state index in [-0.39, 0.29) is 5.91 Å². The van der Waals surface area contributed by atoms with Crippen molar-refractivity contribution in [1.82, 2.24) is 10.1 Å². The predicted octanol–water partition coefficient (Wildman–Crippen LogP) is 4.33. The van der Waals surface area contributed by atoms with Crippen LogP contribution in [0.4, 0.5) is 5.88 Å². The molecule has 0 aliphatic rings. The summed E-state index contributed by atoms with van der Waals surface area (Å²) in [6, 6.07) is 13.6. The van der Waals surface area contributed by atoms with Gasteiger partial charge in [-0.2, -0.15) is 0 Å². The fraction of sp³-hybridized carbons (Fsp3) is 0.333. The van der Waals surface area contributed by atoms with Crippen LogP contribution in [0.3, 0.4) is 0 Å². The van der Waals surface area contributed by atoms with Crippen molar-refractivity contribution in [2.24, 2.45) is 0 Å². The van der Waals surface area contributed by atoms with Crippen molar-refractivity contribution in [3.63, 3.8) is 0 Å². The number of benzene rings is 1. The highest BCUT2D eigenvalue weighted by atomic mass is 16.5. The topological polar surface area (TPSA) is 62.7 Å². The molecule has 0 radical (unpaired) electrons. The third-order valence-electron chi connectivity index (χ3n) is 4.59. The zero-order chi connectivity index (χ0) is 19.2. The van der Waals surface area contributed by atoms with Crippen molar-refractivity contribution < 1.29 is 13.7 Å². The SMILES string of the molecule is CCN(CC)c1onc(-c2ccccc2)c1CN(Cc1ccco1)C(C)=O. The van der Waals surface area contributed by atoms with Gasteiger partial charge in [0, 0.05) is 25.6 Å². The van der Waals surface area contributed by atoms with Crippen LogP contribution in [-0.2, 0) is 17.9 Å². The van der Waals surface area contributed by atoms with Crippen LogP contribution >= 0.6 is 0 Å². The fourth-order valence-corrected chi connectivity index (χ4v) is 3.09. The molecule has 0 N–H and O–H groups in total. The number of hydrogen-bond donors (Lipinski definition) is 0. The minimum absolute atomic E-state index is 0.0305. The quantitative estimate of drug-likeness (QED) is 0.593. The normalized spacial score (nSPS) is 10.8. The van der Waals surface area contributed by atoms with Gasteiger partial charge in [-0.25, -0.2) is 0 Å². The Hall–Kier alpha value is -3.02. The van der Waals surface area contributed by atoms with Gasteiger partial charge in [-0.1, -0.05) is 35.5 Å². The van der Waals surface area contributed by atoms with Gasteiger partial charge < -0.3 is 18.7 Å². The lowest BCUT2D eigenvalue weighted by Gasteiger charge is -2.23. The lowest BCUT2D eigenvalue weighted by molar-refractivity contribution is -0.130. The summed E-state index contributed by atoms with van der Waals surface area (Å²) in [7, 11) is 0. The van der Waals surface area contributed by atoms with E-state index in [1.54, 1.807) is 18.1 Å². The van der Waals surface area contributed by atoms with Crippen LogP contribution < -0.4 is 4.90 Å². The van der Waals surface area contributed by atoms with Crippen LogP contribution in [-0.4, -0.2) is 29.1 Å². The molecule has 142 valence electrons. The van der Waals surface area contributed by atoms with Crippen molar-refractivity contribution in [2.75, 3.05) is 18.0 Å². The van der Waals surface area contributed by atoms with Gasteiger partial charge >= 0.3 is 0 Å². The number of anilines is 1. The first-order valence-corrected chi connectivity index (χ1v) is 9.20. The minimum Gasteiger partial charge on any atom is -0.467 e. The second kappa shape index (κ2) is 8.58. The van der Waals surface area contributed by atoms with Gasteiger partial charge in [-0.15, -0.1) is 0 Å². The number of carbonyl (C=O) groups excluding carboxylic acids is 1. The zero-order valence-electron chi connectivity index (χ0n) is 16.0. The second-order valence-corrected chi connectivity index (χ2v) is 6.31. The zero-order valence-corrected chi connectivity index (χ0v) is 16.0. The molecule has 6 heteroatoms. The summed E-state index contributed by atoms with van der Waals surface area (Å²) in [5.74, 6) is 1.42. The molecule has 0 unspecified atom stereocenters. The maximum atomic E-state index is 12.3. The molecule has 1 amide bonds. The summed E-state index contributed by atoms with van der Waals surface area (Å²) in [5, 5.41) is 4.33. The molecule has 0 bridgehead atoms. The van der Waals surface area contributed by atoms with Gasteiger partial charge in [0.1, 0.15) is 11.5 Å². The Morgan fingerprint density at radius 3 is 2.37 bits per heavy atom. The van der Waals surface area contributed by atoms with E-state index in [1.807, 2.05) is 42.5 Å². The molecule has 0 atom stereocenters. The van der Waals surface area contributed by atoms with Crippen LogP contribution in [0.5, 0.6) is 0 Å². The Morgan fingerprint density at radius 1 is 1.04 bits per heavy atom. The monoisotopic (exact) mass is 367 g/mol.